The summed E-state index contributed by atoms with van der Waals surface area (Å²) in [4.78, 5) is 0. The van der Waals surface area contributed by atoms with Crippen LogP contribution in [0, 0.1) is 0 Å². The van der Waals surface area contributed by atoms with E-state index in [1.54, 1.807) is 0 Å². The highest BCUT2D eigenvalue weighted by Crippen LogP contribution is 2.35. The van der Waals surface area contributed by atoms with Crippen LogP contribution in [-0.4, -0.2) is 91.9 Å². The predicted octanol–water partition coefficient (Wildman–Crippen LogP) is 6.38. The zero-order chi connectivity index (χ0) is 40.7. The molecule has 2 N–H and O–H groups in total. The molecule has 2 aliphatic heterocycles. The third-order valence-electron chi connectivity index (χ3n) is 10.4. The molecule has 7 rings (SSSR count). The highest BCUT2D eigenvalue weighted by molar-refractivity contribution is 5.17. The van der Waals surface area contributed by atoms with Crippen molar-refractivity contribution in [3.8, 4) is 0 Å². The van der Waals surface area contributed by atoms with Gasteiger partial charge in [0.2, 0.25) is 0 Å². The molecule has 312 valence electrons. The second-order valence-corrected chi connectivity index (χ2v) is 14.6. The van der Waals surface area contributed by atoms with E-state index in [0.717, 1.165) is 27.8 Å². The maximum Gasteiger partial charge on any atom is 0.187 e. The van der Waals surface area contributed by atoms with Gasteiger partial charge in [-0.15, -0.1) is 0 Å². The Bertz CT molecular complexity index is 1890. The number of benzene rings is 5. The highest BCUT2D eigenvalue weighted by Gasteiger charge is 2.53. The van der Waals surface area contributed by atoms with Gasteiger partial charge in [0.05, 0.1) is 46.2 Å². The zero-order valence-corrected chi connectivity index (χ0v) is 33.2. The molecule has 11 heteroatoms. The molecule has 11 nitrogen and oxygen atoms in total. The normalized spacial score (nSPS) is 27.0. The third kappa shape index (κ3) is 11.9. The lowest BCUT2D eigenvalue weighted by atomic mass is 9.96. The topological polar surface area (TPSA) is 124 Å². The van der Waals surface area contributed by atoms with Crippen molar-refractivity contribution >= 4 is 0 Å². The minimum absolute atomic E-state index is 0.0964. The summed E-state index contributed by atoms with van der Waals surface area (Å²) in [6.07, 6.45) is -9.64. The summed E-state index contributed by atoms with van der Waals surface area (Å²) < 4.78 is 58.2. The first-order valence-corrected chi connectivity index (χ1v) is 20.1. The van der Waals surface area contributed by atoms with Crippen molar-refractivity contribution in [1.29, 1.82) is 0 Å². The summed E-state index contributed by atoms with van der Waals surface area (Å²) in [5.41, 5.74) is 4.72. The summed E-state index contributed by atoms with van der Waals surface area (Å²) in [7, 11) is 1.52. The van der Waals surface area contributed by atoms with Gasteiger partial charge in [-0.1, -0.05) is 152 Å². The average Bonchev–Trinajstić information content (AvgIpc) is 3.29. The summed E-state index contributed by atoms with van der Waals surface area (Å²) in [6.45, 7) is 0.849. The summed E-state index contributed by atoms with van der Waals surface area (Å²) >= 11 is 0. The van der Waals surface area contributed by atoms with E-state index in [1.807, 2.05) is 152 Å². The molecule has 2 aliphatic rings. The molecule has 2 saturated heterocycles. The van der Waals surface area contributed by atoms with Crippen LogP contribution in [0.2, 0.25) is 0 Å². The van der Waals surface area contributed by atoms with Crippen molar-refractivity contribution in [2.45, 2.75) is 94.4 Å². The molecular formula is C48H54O11. The molecule has 0 saturated carbocycles. The van der Waals surface area contributed by atoms with E-state index in [1.165, 1.54) is 7.11 Å². The quantitative estimate of drug-likeness (QED) is 0.0912. The summed E-state index contributed by atoms with van der Waals surface area (Å²) in [6, 6.07) is 48.9. The van der Waals surface area contributed by atoms with Gasteiger partial charge in [0, 0.05) is 7.11 Å². The lowest BCUT2D eigenvalue weighted by molar-refractivity contribution is -0.371. The summed E-state index contributed by atoms with van der Waals surface area (Å²) in [5.74, 6) is 0. The van der Waals surface area contributed by atoms with Gasteiger partial charge in [0.15, 0.2) is 12.6 Å². The average molecular weight is 807 g/mol. The molecule has 59 heavy (non-hydrogen) atoms. The standard InChI is InChI=1S/C48H54O11/c1-51-48-46(56-32-38-25-15-6-16-26-38)45(55-31-37-23-13-5-14-24-37)43(39(27-49)57-48)59-47-41(50)44(54-30-36-21-11-4-12-22-36)42(53-29-35-19-9-3-10-20-35)40(58-47)33-52-28-34-17-7-2-8-18-34/h2-26,39-50H,27-33H2,1H3/t39-,40-,41+,42-,43-,44-,45+,46-,47-,48+/m1/s1. The Kier molecular flexibility index (Phi) is 16.2. The van der Waals surface area contributed by atoms with E-state index >= 15 is 0 Å². The molecule has 0 bridgehead atoms. The van der Waals surface area contributed by atoms with Crippen LogP contribution >= 0.6 is 0 Å². The largest absolute Gasteiger partial charge is 0.394 e. The molecule has 2 heterocycles. The van der Waals surface area contributed by atoms with E-state index in [0.29, 0.717) is 6.61 Å². The molecule has 0 aliphatic carbocycles. The van der Waals surface area contributed by atoms with Crippen LogP contribution in [0.15, 0.2) is 152 Å². The number of ether oxygens (including phenoxy) is 9. The van der Waals surface area contributed by atoms with Gasteiger partial charge < -0.3 is 52.8 Å². The van der Waals surface area contributed by atoms with Crippen molar-refractivity contribution in [3.05, 3.63) is 179 Å². The fraction of sp³-hybridized carbons (Fsp3) is 0.375. The predicted molar refractivity (Wildman–Crippen MR) is 218 cm³/mol. The van der Waals surface area contributed by atoms with Gasteiger partial charge in [-0.2, -0.15) is 0 Å². The van der Waals surface area contributed by atoms with Crippen LogP contribution in [0.5, 0.6) is 0 Å². The van der Waals surface area contributed by atoms with Crippen LogP contribution in [0.25, 0.3) is 0 Å². The van der Waals surface area contributed by atoms with Crippen molar-refractivity contribution < 1.29 is 52.8 Å². The Labute approximate surface area is 346 Å². The number of hydrogen-bond acceptors (Lipinski definition) is 11. The van der Waals surface area contributed by atoms with Crippen LogP contribution < -0.4 is 0 Å². The second-order valence-electron chi connectivity index (χ2n) is 14.6. The Morgan fingerprint density at radius 1 is 0.441 bits per heavy atom. The molecule has 0 spiro atoms. The molecular weight excluding hydrogens is 753 g/mol. The van der Waals surface area contributed by atoms with Crippen molar-refractivity contribution in [3.63, 3.8) is 0 Å². The number of aliphatic hydroxyl groups excluding tert-OH is 2. The van der Waals surface area contributed by atoms with Gasteiger partial charge >= 0.3 is 0 Å². The smallest absolute Gasteiger partial charge is 0.187 e. The van der Waals surface area contributed by atoms with Gasteiger partial charge in [-0.25, -0.2) is 0 Å². The molecule has 0 aromatic heterocycles. The van der Waals surface area contributed by atoms with Gasteiger partial charge in [-0.3, -0.25) is 0 Å². The Balaban J connectivity index is 1.19. The molecule has 0 amide bonds. The fourth-order valence-corrected chi connectivity index (χ4v) is 7.37. The highest BCUT2D eigenvalue weighted by atomic mass is 16.8. The van der Waals surface area contributed by atoms with Crippen LogP contribution in [0.1, 0.15) is 27.8 Å². The van der Waals surface area contributed by atoms with Crippen LogP contribution in [0.3, 0.4) is 0 Å². The number of methoxy groups -OCH3 is 1. The first-order valence-electron chi connectivity index (χ1n) is 20.1. The van der Waals surface area contributed by atoms with E-state index in [9.17, 15) is 10.2 Å². The maximum atomic E-state index is 12.3. The molecule has 5 aromatic rings. The van der Waals surface area contributed by atoms with Crippen LogP contribution in [-0.2, 0) is 75.7 Å². The Hall–Kier alpha value is -4.34. The monoisotopic (exact) mass is 806 g/mol. The second kappa shape index (κ2) is 22.3. The zero-order valence-electron chi connectivity index (χ0n) is 33.2. The van der Waals surface area contributed by atoms with Crippen molar-refractivity contribution in [2.75, 3.05) is 20.3 Å². The van der Waals surface area contributed by atoms with Crippen LogP contribution in [0.4, 0.5) is 0 Å². The number of hydrogen-bond donors (Lipinski definition) is 2. The van der Waals surface area contributed by atoms with E-state index in [-0.39, 0.29) is 33.0 Å². The van der Waals surface area contributed by atoms with Gasteiger partial charge in [0.1, 0.15) is 48.8 Å². The minimum Gasteiger partial charge on any atom is -0.394 e. The van der Waals surface area contributed by atoms with Crippen molar-refractivity contribution in [1.82, 2.24) is 0 Å². The first kappa shape index (κ1) is 42.8. The lowest BCUT2D eigenvalue weighted by Gasteiger charge is -2.49. The third-order valence-corrected chi connectivity index (χ3v) is 10.4. The molecule has 10 atom stereocenters. The van der Waals surface area contributed by atoms with Gasteiger partial charge in [-0.05, 0) is 27.8 Å². The lowest BCUT2D eigenvalue weighted by Crippen LogP contribution is -2.66. The Morgan fingerprint density at radius 2 is 0.831 bits per heavy atom. The molecule has 5 aromatic carbocycles. The molecule has 0 unspecified atom stereocenters. The van der Waals surface area contributed by atoms with E-state index in [2.05, 4.69) is 0 Å². The fourth-order valence-electron chi connectivity index (χ4n) is 7.37. The number of aliphatic hydroxyl groups is 2. The minimum atomic E-state index is -1.36. The Morgan fingerprint density at radius 3 is 1.27 bits per heavy atom. The maximum absolute atomic E-state index is 12.3. The summed E-state index contributed by atoms with van der Waals surface area (Å²) in [5, 5.41) is 23.1. The number of rotatable bonds is 20. The molecule has 0 radical (unpaired) electrons. The molecule has 2 fully saturated rings. The van der Waals surface area contributed by atoms with Crippen molar-refractivity contribution in [2.24, 2.45) is 0 Å². The van der Waals surface area contributed by atoms with Gasteiger partial charge in [0.25, 0.3) is 0 Å². The SMILES string of the molecule is CO[C@H]1O[C@H](CO)[C@@H](O[C@H]2O[C@H](COCc3ccccc3)[C@@H](OCc3ccccc3)[C@H](OCc3ccccc3)[C@@H]2O)[C@H](OCc2ccccc2)[C@H]1OCc1ccccc1. The first-order chi connectivity index (χ1) is 29.1. The van der Waals surface area contributed by atoms with E-state index in [4.69, 9.17) is 42.6 Å². The van der Waals surface area contributed by atoms with E-state index < -0.39 is 68.0 Å².